The molecule has 0 aliphatic carbocycles. The van der Waals surface area contributed by atoms with E-state index in [9.17, 15) is 4.79 Å². The van der Waals surface area contributed by atoms with E-state index in [-0.39, 0.29) is 12.6 Å². The van der Waals surface area contributed by atoms with Crippen molar-refractivity contribution in [1.82, 2.24) is 5.06 Å². The number of benzene rings is 1. The highest BCUT2D eigenvalue weighted by Gasteiger charge is 2.17. The van der Waals surface area contributed by atoms with Gasteiger partial charge in [0.15, 0.2) is 11.7 Å². The predicted octanol–water partition coefficient (Wildman–Crippen LogP) is 3.55. The second-order valence-electron chi connectivity index (χ2n) is 4.89. The Hall–Kier alpha value is -1.37. The fraction of sp³-hybridized carbons (Fsp3) is 0.467. The smallest absolute Gasteiger partial charge is 0.334 e. The lowest BCUT2D eigenvalue weighted by atomic mass is 10.2. The summed E-state index contributed by atoms with van der Waals surface area (Å²) in [7, 11) is 0. The molecule has 0 fully saturated rings. The number of thiocarbonyl (C=S) groups is 1. The highest BCUT2D eigenvalue weighted by Crippen LogP contribution is 2.21. The normalized spacial score (nSPS) is 10.5. The summed E-state index contributed by atoms with van der Waals surface area (Å²) in [5, 5.41) is 5.51. The summed E-state index contributed by atoms with van der Waals surface area (Å²) in [5.74, 6) is -0.435. The average molecular weight is 345 g/mol. The SMILES string of the molecule is CCOC(=O)CON(C(=S)Nc1cc(Cl)ccc1C)C(C)C. The van der Waals surface area contributed by atoms with Crippen molar-refractivity contribution in [1.29, 1.82) is 0 Å². The number of aryl methyl sites for hydroxylation is 1. The van der Waals surface area contributed by atoms with Gasteiger partial charge in [-0.25, -0.2) is 9.86 Å². The van der Waals surface area contributed by atoms with Crippen LogP contribution in [0.5, 0.6) is 0 Å². The van der Waals surface area contributed by atoms with Crippen LogP contribution in [-0.4, -0.2) is 35.4 Å². The quantitative estimate of drug-likeness (QED) is 0.484. The second-order valence-corrected chi connectivity index (χ2v) is 5.71. The van der Waals surface area contributed by atoms with E-state index in [2.05, 4.69) is 5.32 Å². The topological polar surface area (TPSA) is 50.8 Å². The minimum Gasteiger partial charge on any atom is -0.464 e. The standard InChI is InChI=1S/C15H21ClN2O3S/c1-5-20-14(19)9-21-18(10(2)3)15(22)17-13-8-12(16)7-6-11(13)4/h6-8,10H,5,9H2,1-4H3,(H,17,22). The van der Waals surface area contributed by atoms with E-state index in [0.29, 0.717) is 16.7 Å². The molecule has 1 rings (SSSR count). The average Bonchev–Trinajstić information content (AvgIpc) is 2.43. The molecule has 122 valence electrons. The van der Waals surface area contributed by atoms with Gasteiger partial charge in [-0.15, -0.1) is 0 Å². The van der Waals surface area contributed by atoms with Crippen LogP contribution in [0.3, 0.4) is 0 Å². The van der Waals surface area contributed by atoms with Crippen molar-refractivity contribution >= 4 is 40.6 Å². The summed E-state index contributed by atoms with van der Waals surface area (Å²) < 4.78 is 4.83. The van der Waals surface area contributed by atoms with Crippen LogP contribution in [0.4, 0.5) is 5.69 Å². The minimum atomic E-state index is -0.435. The molecule has 0 atom stereocenters. The minimum absolute atomic E-state index is 0.0473. The molecule has 0 aliphatic heterocycles. The van der Waals surface area contributed by atoms with Gasteiger partial charge >= 0.3 is 5.97 Å². The molecule has 0 aliphatic rings. The number of esters is 1. The van der Waals surface area contributed by atoms with Crippen molar-refractivity contribution in [3.63, 3.8) is 0 Å². The summed E-state index contributed by atoms with van der Waals surface area (Å²) in [5.41, 5.74) is 1.80. The molecular weight excluding hydrogens is 324 g/mol. The summed E-state index contributed by atoms with van der Waals surface area (Å²) in [6.45, 7) is 7.62. The highest BCUT2D eigenvalue weighted by molar-refractivity contribution is 7.80. The Labute approximate surface area is 141 Å². The van der Waals surface area contributed by atoms with Crippen LogP contribution in [0.25, 0.3) is 0 Å². The van der Waals surface area contributed by atoms with Gasteiger partial charge in [-0.2, -0.15) is 0 Å². The lowest BCUT2D eigenvalue weighted by Gasteiger charge is -2.28. The molecule has 5 nitrogen and oxygen atoms in total. The maximum atomic E-state index is 11.4. The first-order valence-electron chi connectivity index (χ1n) is 7.00. The van der Waals surface area contributed by atoms with Crippen LogP contribution in [-0.2, 0) is 14.4 Å². The Kier molecular flexibility index (Phi) is 7.58. The van der Waals surface area contributed by atoms with E-state index in [1.165, 1.54) is 5.06 Å². The number of halogens is 1. The molecule has 0 saturated carbocycles. The van der Waals surface area contributed by atoms with Crippen molar-refractivity contribution in [2.75, 3.05) is 18.5 Å². The molecule has 0 spiro atoms. The van der Waals surface area contributed by atoms with Gasteiger partial charge in [0.05, 0.1) is 12.6 Å². The molecule has 22 heavy (non-hydrogen) atoms. The zero-order valence-electron chi connectivity index (χ0n) is 13.2. The Balaban J connectivity index is 2.73. The number of rotatable bonds is 6. The molecule has 0 bridgehead atoms. The Morgan fingerprint density at radius 1 is 1.45 bits per heavy atom. The van der Waals surface area contributed by atoms with E-state index in [0.717, 1.165) is 11.3 Å². The fourth-order valence-corrected chi connectivity index (χ4v) is 2.21. The summed E-state index contributed by atoms with van der Waals surface area (Å²) in [4.78, 5) is 16.8. The summed E-state index contributed by atoms with van der Waals surface area (Å²) in [6.07, 6.45) is 0. The molecular formula is C15H21ClN2O3S. The fourth-order valence-electron chi connectivity index (χ4n) is 1.67. The number of nitrogens with one attached hydrogen (secondary N) is 1. The molecule has 1 aromatic rings. The molecule has 0 saturated heterocycles. The van der Waals surface area contributed by atoms with Gasteiger partial charge in [-0.05, 0) is 57.6 Å². The lowest BCUT2D eigenvalue weighted by Crippen LogP contribution is -2.41. The van der Waals surface area contributed by atoms with Gasteiger partial charge < -0.3 is 10.1 Å². The maximum absolute atomic E-state index is 11.4. The molecule has 0 radical (unpaired) electrons. The van der Waals surface area contributed by atoms with Crippen molar-refractivity contribution < 1.29 is 14.4 Å². The second kappa shape index (κ2) is 8.92. The van der Waals surface area contributed by atoms with Crippen molar-refractivity contribution in [3.8, 4) is 0 Å². The highest BCUT2D eigenvalue weighted by atomic mass is 35.5. The molecule has 1 N–H and O–H groups in total. The number of carbonyl (C=O) groups excluding carboxylic acids is 1. The molecule has 0 unspecified atom stereocenters. The van der Waals surface area contributed by atoms with Gasteiger partial charge in [0.25, 0.3) is 0 Å². The van der Waals surface area contributed by atoms with Crippen molar-refractivity contribution in [2.24, 2.45) is 0 Å². The van der Waals surface area contributed by atoms with Crippen LogP contribution in [0.2, 0.25) is 5.02 Å². The van der Waals surface area contributed by atoms with E-state index in [4.69, 9.17) is 33.4 Å². The number of anilines is 1. The van der Waals surface area contributed by atoms with Crippen molar-refractivity contribution in [3.05, 3.63) is 28.8 Å². The van der Waals surface area contributed by atoms with Gasteiger partial charge in [-0.3, -0.25) is 4.84 Å². The van der Waals surface area contributed by atoms with Crippen LogP contribution < -0.4 is 5.32 Å². The molecule has 0 heterocycles. The maximum Gasteiger partial charge on any atom is 0.334 e. The Morgan fingerprint density at radius 3 is 2.73 bits per heavy atom. The van der Waals surface area contributed by atoms with Gasteiger partial charge in [-0.1, -0.05) is 17.7 Å². The predicted molar refractivity (Wildman–Crippen MR) is 92.0 cm³/mol. The number of carbonyl (C=O) groups is 1. The van der Waals surface area contributed by atoms with E-state index in [1.54, 1.807) is 13.0 Å². The molecule has 0 amide bonds. The van der Waals surface area contributed by atoms with Gasteiger partial charge in [0.2, 0.25) is 0 Å². The monoisotopic (exact) mass is 344 g/mol. The third-order valence-electron chi connectivity index (χ3n) is 2.74. The molecule has 7 heteroatoms. The molecule has 0 aromatic heterocycles. The first-order chi connectivity index (χ1) is 10.3. The van der Waals surface area contributed by atoms with E-state index in [1.807, 2.05) is 32.9 Å². The summed E-state index contributed by atoms with van der Waals surface area (Å²) in [6, 6.07) is 5.44. The number of ether oxygens (including phenoxy) is 1. The van der Waals surface area contributed by atoms with Crippen LogP contribution in [0, 0.1) is 6.92 Å². The number of nitrogens with zero attached hydrogens (tertiary/aromatic N) is 1. The van der Waals surface area contributed by atoms with Gasteiger partial charge in [0, 0.05) is 10.7 Å². The summed E-state index contributed by atoms with van der Waals surface area (Å²) >= 11 is 11.3. The van der Waals surface area contributed by atoms with E-state index >= 15 is 0 Å². The van der Waals surface area contributed by atoms with Crippen LogP contribution in [0.1, 0.15) is 26.3 Å². The van der Waals surface area contributed by atoms with Crippen molar-refractivity contribution in [2.45, 2.75) is 33.7 Å². The first-order valence-corrected chi connectivity index (χ1v) is 7.78. The largest absolute Gasteiger partial charge is 0.464 e. The Bertz CT molecular complexity index is 538. The zero-order valence-corrected chi connectivity index (χ0v) is 14.8. The zero-order chi connectivity index (χ0) is 16.7. The number of hydrogen-bond donors (Lipinski definition) is 1. The number of hydrogen-bond acceptors (Lipinski definition) is 4. The lowest BCUT2D eigenvalue weighted by molar-refractivity contribution is -0.169. The van der Waals surface area contributed by atoms with E-state index < -0.39 is 5.97 Å². The van der Waals surface area contributed by atoms with Crippen LogP contribution >= 0.6 is 23.8 Å². The first kappa shape index (κ1) is 18.7. The molecule has 1 aromatic carbocycles. The third kappa shape index (κ3) is 5.79. The van der Waals surface area contributed by atoms with Gasteiger partial charge in [0.1, 0.15) is 0 Å². The number of hydroxylamine groups is 2. The van der Waals surface area contributed by atoms with Crippen LogP contribution in [0.15, 0.2) is 18.2 Å². The third-order valence-corrected chi connectivity index (χ3v) is 3.25. The Morgan fingerprint density at radius 2 is 2.14 bits per heavy atom.